The summed E-state index contributed by atoms with van der Waals surface area (Å²) in [5.41, 5.74) is 0. The fraction of sp³-hybridized carbons (Fsp3) is 0.900. The topological polar surface area (TPSA) is 0 Å². The Hall–Kier alpha value is -0.260. The Morgan fingerprint density at radius 2 is 1.05 bits per heavy atom. The van der Waals surface area contributed by atoms with Gasteiger partial charge in [-0.05, 0) is 30.1 Å². The van der Waals surface area contributed by atoms with Crippen LogP contribution in [0.5, 0.6) is 0 Å². The SMILES string of the molecule is C=C[C@H](C)CCC[C@@H](C)CCC[C@@H](C)CCCC(C)C. The minimum atomic E-state index is 0.697. The van der Waals surface area contributed by atoms with Gasteiger partial charge in [0.2, 0.25) is 0 Å². The molecule has 0 saturated carbocycles. The van der Waals surface area contributed by atoms with Gasteiger partial charge in [0.1, 0.15) is 0 Å². The Labute approximate surface area is 129 Å². The molecule has 0 nitrogen and oxygen atoms in total. The standard InChI is InChI=1S/C20H40/c1-7-18(4)12-9-14-20(6)16-10-15-19(5)13-8-11-17(2)3/h7,17-20H,1,8-16H2,2-6H3/t18-,19-,20+/m0/s1. The van der Waals surface area contributed by atoms with Gasteiger partial charge in [0.25, 0.3) is 0 Å². The van der Waals surface area contributed by atoms with Gasteiger partial charge in [-0.15, -0.1) is 6.58 Å². The van der Waals surface area contributed by atoms with Crippen LogP contribution in [0.1, 0.15) is 92.4 Å². The van der Waals surface area contributed by atoms with Crippen LogP contribution in [-0.4, -0.2) is 0 Å². The molecule has 0 aromatic heterocycles. The molecule has 0 aromatic carbocycles. The maximum absolute atomic E-state index is 3.86. The van der Waals surface area contributed by atoms with E-state index in [9.17, 15) is 0 Å². The van der Waals surface area contributed by atoms with E-state index < -0.39 is 0 Å². The molecule has 0 heterocycles. The van der Waals surface area contributed by atoms with Crippen molar-refractivity contribution in [1.82, 2.24) is 0 Å². The molecule has 0 saturated heterocycles. The van der Waals surface area contributed by atoms with Crippen LogP contribution in [0, 0.1) is 23.7 Å². The first-order valence-corrected chi connectivity index (χ1v) is 9.08. The number of hydrogen-bond acceptors (Lipinski definition) is 0. The lowest BCUT2D eigenvalue weighted by atomic mass is 9.91. The van der Waals surface area contributed by atoms with E-state index in [1.165, 1.54) is 57.8 Å². The molecule has 0 radical (unpaired) electrons. The molecule has 0 aliphatic heterocycles. The molecule has 20 heavy (non-hydrogen) atoms. The first kappa shape index (κ1) is 19.7. The molecule has 0 fully saturated rings. The number of hydrogen-bond donors (Lipinski definition) is 0. The zero-order valence-corrected chi connectivity index (χ0v) is 15.0. The van der Waals surface area contributed by atoms with Crippen molar-refractivity contribution in [3.63, 3.8) is 0 Å². The van der Waals surface area contributed by atoms with E-state index in [2.05, 4.69) is 47.3 Å². The third-order valence-electron chi connectivity index (χ3n) is 4.63. The number of rotatable bonds is 13. The van der Waals surface area contributed by atoms with Crippen molar-refractivity contribution in [1.29, 1.82) is 0 Å². The van der Waals surface area contributed by atoms with E-state index >= 15 is 0 Å². The number of allylic oxidation sites excluding steroid dienone is 1. The van der Waals surface area contributed by atoms with Gasteiger partial charge in [0, 0.05) is 0 Å². The molecule has 0 aromatic rings. The first-order chi connectivity index (χ1) is 9.45. The summed E-state index contributed by atoms with van der Waals surface area (Å²) in [7, 11) is 0. The Kier molecular flexibility index (Phi) is 12.3. The van der Waals surface area contributed by atoms with Crippen molar-refractivity contribution >= 4 is 0 Å². The normalized spacial score (nSPS) is 16.1. The second kappa shape index (κ2) is 12.5. The highest BCUT2D eigenvalue weighted by molar-refractivity contribution is 4.74. The lowest BCUT2D eigenvalue weighted by molar-refractivity contribution is 0.383. The molecule has 0 aliphatic rings. The van der Waals surface area contributed by atoms with Crippen molar-refractivity contribution in [2.24, 2.45) is 23.7 Å². The Morgan fingerprint density at radius 3 is 1.45 bits per heavy atom. The van der Waals surface area contributed by atoms with Gasteiger partial charge < -0.3 is 0 Å². The van der Waals surface area contributed by atoms with Crippen LogP contribution in [0.15, 0.2) is 12.7 Å². The summed E-state index contributed by atoms with van der Waals surface area (Å²) in [5, 5.41) is 0. The van der Waals surface area contributed by atoms with Crippen molar-refractivity contribution in [2.45, 2.75) is 92.4 Å². The Bertz CT molecular complexity index is 216. The van der Waals surface area contributed by atoms with Crippen LogP contribution in [0.2, 0.25) is 0 Å². The van der Waals surface area contributed by atoms with Gasteiger partial charge in [-0.2, -0.15) is 0 Å². The summed E-state index contributed by atoms with van der Waals surface area (Å²) in [6.07, 6.45) is 14.7. The minimum absolute atomic E-state index is 0.697. The maximum Gasteiger partial charge on any atom is -0.0265 e. The lowest BCUT2D eigenvalue weighted by Gasteiger charge is -2.15. The molecule has 0 aliphatic carbocycles. The van der Waals surface area contributed by atoms with Crippen LogP contribution < -0.4 is 0 Å². The van der Waals surface area contributed by atoms with Crippen LogP contribution in [0.3, 0.4) is 0 Å². The zero-order chi connectivity index (χ0) is 15.4. The molecule has 120 valence electrons. The largest absolute Gasteiger partial charge is 0.103 e. The van der Waals surface area contributed by atoms with Gasteiger partial charge in [0.05, 0.1) is 0 Å². The molecule has 3 atom stereocenters. The molecule has 0 N–H and O–H groups in total. The Balaban J connectivity index is 3.45. The fourth-order valence-electron chi connectivity index (χ4n) is 2.88. The van der Waals surface area contributed by atoms with Gasteiger partial charge in [-0.25, -0.2) is 0 Å². The predicted octanol–water partition coefficient (Wildman–Crippen LogP) is 7.25. The zero-order valence-electron chi connectivity index (χ0n) is 15.0. The highest BCUT2D eigenvalue weighted by Gasteiger charge is 2.07. The highest BCUT2D eigenvalue weighted by Crippen LogP contribution is 2.22. The van der Waals surface area contributed by atoms with Crippen molar-refractivity contribution in [2.75, 3.05) is 0 Å². The molecule has 0 unspecified atom stereocenters. The van der Waals surface area contributed by atoms with E-state index in [0.717, 1.165) is 17.8 Å². The van der Waals surface area contributed by atoms with Crippen molar-refractivity contribution in [3.8, 4) is 0 Å². The summed E-state index contributed by atoms with van der Waals surface area (Å²) < 4.78 is 0. The average Bonchev–Trinajstić information content (AvgIpc) is 2.38. The summed E-state index contributed by atoms with van der Waals surface area (Å²) in [4.78, 5) is 0. The third kappa shape index (κ3) is 12.8. The van der Waals surface area contributed by atoms with Gasteiger partial charge >= 0.3 is 0 Å². The van der Waals surface area contributed by atoms with E-state index in [0.29, 0.717) is 5.92 Å². The molecular weight excluding hydrogens is 240 g/mol. The average molecular weight is 281 g/mol. The third-order valence-corrected chi connectivity index (χ3v) is 4.63. The van der Waals surface area contributed by atoms with Gasteiger partial charge in [-0.1, -0.05) is 92.1 Å². The van der Waals surface area contributed by atoms with Crippen LogP contribution in [0.4, 0.5) is 0 Å². The monoisotopic (exact) mass is 280 g/mol. The highest BCUT2D eigenvalue weighted by atomic mass is 14.1. The van der Waals surface area contributed by atoms with E-state index in [1.54, 1.807) is 0 Å². The molecule has 0 rings (SSSR count). The lowest BCUT2D eigenvalue weighted by Crippen LogP contribution is -2.00. The van der Waals surface area contributed by atoms with Crippen molar-refractivity contribution < 1.29 is 0 Å². The van der Waals surface area contributed by atoms with Crippen LogP contribution >= 0.6 is 0 Å². The smallest absolute Gasteiger partial charge is 0.0265 e. The van der Waals surface area contributed by atoms with E-state index in [-0.39, 0.29) is 0 Å². The summed E-state index contributed by atoms with van der Waals surface area (Å²) in [5.74, 6) is 3.42. The molecule has 0 amide bonds. The van der Waals surface area contributed by atoms with Gasteiger partial charge in [0.15, 0.2) is 0 Å². The van der Waals surface area contributed by atoms with Gasteiger partial charge in [-0.3, -0.25) is 0 Å². The summed E-state index contributed by atoms with van der Waals surface area (Å²) >= 11 is 0. The summed E-state index contributed by atoms with van der Waals surface area (Å²) in [6.45, 7) is 15.7. The van der Waals surface area contributed by atoms with E-state index in [4.69, 9.17) is 0 Å². The molecule has 0 heteroatoms. The second-order valence-corrected chi connectivity index (χ2v) is 7.61. The minimum Gasteiger partial charge on any atom is -0.103 e. The second-order valence-electron chi connectivity index (χ2n) is 7.61. The molecule has 0 spiro atoms. The molecule has 0 bridgehead atoms. The predicted molar refractivity (Wildman–Crippen MR) is 94.1 cm³/mol. The Morgan fingerprint density at radius 1 is 0.650 bits per heavy atom. The molecular formula is C20H40. The van der Waals surface area contributed by atoms with Crippen molar-refractivity contribution in [3.05, 3.63) is 12.7 Å². The first-order valence-electron chi connectivity index (χ1n) is 9.08. The maximum atomic E-state index is 3.86. The van der Waals surface area contributed by atoms with E-state index in [1.807, 2.05) is 0 Å². The fourth-order valence-corrected chi connectivity index (χ4v) is 2.88. The van der Waals surface area contributed by atoms with Crippen LogP contribution in [0.25, 0.3) is 0 Å². The van der Waals surface area contributed by atoms with Crippen LogP contribution in [-0.2, 0) is 0 Å². The summed E-state index contributed by atoms with van der Waals surface area (Å²) in [6, 6.07) is 0. The quantitative estimate of drug-likeness (QED) is 0.312.